The van der Waals surface area contributed by atoms with Crippen LogP contribution in [0.2, 0.25) is 10.3 Å². The highest BCUT2D eigenvalue weighted by molar-refractivity contribution is 6.33. The lowest BCUT2D eigenvalue weighted by Gasteiger charge is -2.06. The Labute approximate surface area is 126 Å². The summed E-state index contributed by atoms with van der Waals surface area (Å²) in [6.45, 7) is 0. The predicted octanol–water partition coefficient (Wildman–Crippen LogP) is 4.51. The summed E-state index contributed by atoms with van der Waals surface area (Å²) < 4.78 is 0. The van der Waals surface area contributed by atoms with Crippen LogP contribution in [0.4, 0.5) is 0 Å². The summed E-state index contributed by atoms with van der Waals surface area (Å²) in [5.74, 6) is 0. The van der Waals surface area contributed by atoms with Gasteiger partial charge in [-0.3, -0.25) is 4.98 Å². The van der Waals surface area contributed by atoms with E-state index < -0.39 is 0 Å². The highest BCUT2D eigenvalue weighted by atomic mass is 35.5. The van der Waals surface area contributed by atoms with Gasteiger partial charge in [-0.1, -0.05) is 35.9 Å². The van der Waals surface area contributed by atoms with Crippen LogP contribution >= 0.6 is 23.2 Å². The lowest BCUT2D eigenvalue weighted by atomic mass is 10.0. The minimum atomic E-state index is 0.177. The highest BCUT2D eigenvalue weighted by Crippen LogP contribution is 2.29. The third kappa shape index (κ3) is 2.64. The highest BCUT2D eigenvalue weighted by Gasteiger charge is 2.08. The van der Waals surface area contributed by atoms with Gasteiger partial charge in [-0.15, -0.1) is 0 Å². The molecule has 0 fully saturated rings. The van der Waals surface area contributed by atoms with Crippen LogP contribution in [0.25, 0.3) is 22.4 Å². The van der Waals surface area contributed by atoms with Crippen molar-refractivity contribution in [3.8, 4) is 22.4 Å². The maximum Gasteiger partial charge on any atom is 0.222 e. The third-order valence-corrected chi connectivity index (χ3v) is 3.30. The number of benzene rings is 1. The van der Waals surface area contributed by atoms with Gasteiger partial charge >= 0.3 is 0 Å². The number of pyridine rings is 1. The average Bonchev–Trinajstić information content (AvgIpc) is 2.51. The second-order valence-corrected chi connectivity index (χ2v) is 4.90. The Hall–Kier alpha value is -1.97. The van der Waals surface area contributed by atoms with Crippen molar-refractivity contribution in [2.24, 2.45) is 0 Å². The SMILES string of the molecule is Clc1ncc(Cl)c(-c2cccc(-c3cccnc3)c2)n1. The first-order chi connectivity index (χ1) is 9.74. The molecule has 3 aromatic rings. The number of hydrogen-bond donors (Lipinski definition) is 0. The molecule has 98 valence electrons. The van der Waals surface area contributed by atoms with E-state index in [4.69, 9.17) is 23.2 Å². The third-order valence-electron chi connectivity index (χ3n) is 2.85. The molecule has 0 spiro atoms. The quantitative estimate of drug-likeness (QED) is 0.654. The number of aromatic nitrogens is 3. The second kappa shape index (κ2) is 5.57. The molecule has 0 unspecified atom stereocenters. The van der Waals surface area contributed by atoms with Gasteiger partial charge in [0.15, 0.2) is 0 Å². The van der Waals surface area contributed by atoms with E-state index in [0.29, 0.717) is 10.7 Å². The first-order valence-electron chi connectivity index (χ1n) is 5.93. The molecule has 3 rings (SSSR count). The molecule has 3 nitrogen and oxygen atoms in total. The fourth-order valence-electron chi connectivity index (χ4n) is 1.93. The summed E-state index contributed by atoms with van der Waals surface area (Å²) in [6, 6.07) is 11.8. The van der Waals surface area contributed by atoms with E-state index >= 15 is 0 Å². The molecule has 0 atom stereocenters. The Bertz CT molecular complexity index is 745. The summed E-state index contributed by atoms with van der Waals surface area (Å²) >= 11 is 12.0. The zero-order valence-electron chi connectivity index (χ0n) is 10.3. The van der Waals surface area contributed by atoms with Crippen LogP contribution < -0.4 is 0 Å². The first kappa shape index (κ1) is 13.0. The van der Waals surface area contributed by atoms with Gasteiger partial charge in [0, 0.05) is 23.5 Å². The molecule has 20 heavy (non-hydrogen) atoms. The van der Waals surface area contributed by atoms with Gasteiger partial charge in [0.2, 0.25) is 5.28 Å². The summed E-state index contributed by atoms with van der Waals surface area (Å²) in [5.41, 5.74) is 3.59. The van der Waals surface area contributed by atoms with E-state index in [1.807, 2.05) is 42.6 Å². The van der Waals surface area contributed by atoms with Crippen molar-refractivity contribution in [3.63, 3.8) is 0 Å². The van der Waals surface area contributed by atoms with Crippen molar-refractivity contribution in [2.75, 3.05) is 0 Å². The van der Waals surface area contributed by atoms with Crippen LogP contribution in [0.5, 0.6) is 0 Å². The summed E-state index contributed by atoms with van der Waals surface area (Å²) in [7, 11) is 0. The molecule has 0 N–H and O–H groups in total. The fraction of sp³-hybridized carbons (Fsp3) is 0. The van der Waals surface area contributed by atoms with Gasteiger partial charge in [-0.25, -0.2) is 9.97 Å². The molecule has 0 saturated heterocycles. The Balaban J connectivity index is 2.10. The minimum absolute atomic E-state index is 0.177. The van der Waals surface area contributed by atoms with Crippen molar-refractivity contribution >= 4 is 23.2 Å². The molecule has 0 aliphatic heterocycles. The number of hydrogen-bond acceptors (Lipinski definition) is 3. The summed E-state index contributed by atoms with van der Waals surface area (Å²) in [6.07, 6.45) is 5.06. The molecule has 2 heterocycles. The summed E-state index contributed by atoms with van der Waals surface area (Å²) in [5, 5.41) is 0.647. The van der Waals surface area contributed by atoms with E-state index in [-0.39, 0.29) is 5.28 Å². The second-order valence-electron chi connectivity index (χ2n) is 4.16. The van der Waals surface area contributed by atoms with Crippen molar-refractivity contribution in [3.05, 3.63) is 65.3 Å². The van der Waals surface area contributed by atoms with Gasteiger partial charge < -0.3 is 0 Å². The van der Waals surface area contributed by atoms with Crippen molar-refractivity contribution in [1.29, 1.82) is 0 Å². The predicted molar refractivity (Wildman–Crippen MR) is 80.7 cm³/mol. The molecule has 0 aliphatic rings. The molecule has 0 amide bonds. The zero-order chi connectivity index (χ0) is 13.9. The number of nitrogens with zero attached hydrogens (tertiary/aromatic N) is 3. The van der Waals surface area contributed by atoms with Gasteiger partial charge in [-0.05, 0) is 29.3 Å². The molecule has 0 radical (unpaired) electrons. The van der Waals surface area contributed by atoms with Crippen molar-refractivity contribution in [1.82, 2.24) is 15.0 Å². The van der Waals surface area contributed by atoms with Crippen LogP contribution in [0.1, 0.15) is 0 Å². The van der Waals surface area contributed by atoms with Crippen LogP contribution in [-0.2, 0) is 0 Å². The van der Waals surface area contributed by atoms with Gasteiger partial charge in [0.1, 0.15) is 0 Å². The number of rotatable bonds is 2. The molecule has 0 saturated carbocycles. The smallest absolute Gasteiger partial charge is 0.222 e. The van der Waals surface area contributed by atoms with Gasteiger partial charge in [-0.2, -0.15) is 0 Å². The van der Waals surface area contributed by atoms with Crippen LogP contribution in [0.15, 0.2) is 55.0 Å². The van der Waals surface area contributed by atoms with Gasteiger partial charge in [0.25, 0.3) is 0 Å². The monoisotopic (exact) mass is 301 g/mol. The minimum Gasteiger partial charge on any atom is -0.264 e. The van der Waals surface area contributed by atoms with Crippen LogP contribution in [0, 0.1) is 0 Å². The van der Waals surface area contributed by atoms with E-state index in [1.54, 1.807) is 6.20 Å². The normalized spacial score (nSPS) is 10.5. The number of halogens is 2. The molecule has 2 aromatic heterocycles. The standard InChI is InChI=1S/C15H9Cl2N3/c16-13-9-19-15(17)20-14(13)11-4-1-3-10(7-11)12-5-2-6-18-8-12/h1-9H. The Kier molecular flexibility index (Phi) is 3.63. The first-order valence-corrected chi connectivity index (χ1v) is 6.68. The van der Waals surface area contributed by atoms with E-state index in [0.717, 1.165) is 16.7 Å². The Morgan fingerprint density at radius 2 is 1.65 bits per heavy atom. The lowest BCUT2D eigenvalue weighted by molar-refractivity contribution is 1.17. The Morgan fingerprint density at radius 1 is 0.850 bits per heavy atom. The largest absolute Gasteiger partial charge is 0.264 e. The zero-order valence-corrected chi connectivity index (χ0v) is 11.8. The van der Waals surface area contributed by atoms with Crippen LogP contribution in [0.3, 0.4) is 0 Å². The molecule has 0 aliphatic carbocycles. The van der Waals surface area contributed by atoms with Gasteiger partial charge in [0.05, 0.1) is 16.9 Å². The van der Waals surface area contributed by atoms with Crippen molar-refractivity contribution < 1.29 is 0 Å². The maximum atomic E-state index is 6.13. The molecule has 0 bridgehead atoms. The van der Waals surface area contributed by atoms with E-state index in [1.165, 1.54) is 6.20 Å². The molecular weight excluding hydrogens is 293 g/mol. The Morgan fingerprint density at radius 3 is 2.45 bits per heavy atom. The van der Waals surface area contributed by atoms with Crippen molar-refractivity contribution in [2.45, 2.75) is 0 Å². The lowest BCUT2D eigenvalue weighted by Crippen LogP contribution is -1.89. The molecule has 5 heteroatoms. The van der Waals surface area contributed by atoms with E-state index in [9.17, 15) is 0 Å². The molecular formula is C15H9Cl2N3. The summed E-state index contributed by atoms with van der Waals surface area (Å²) in [4.78, 5) is 12.2. The maximum absolute atomic E-state index is 6.13. The topological polar surface area (TPSA) is 38.7 Å². The fourth-order valence-corrected chi connectivity index (χ4v) is 2.26. The molecule has 1 aromatic carbocycles. The van der Waals surface area contributed by atoms with E-state index in [2.05, 4.69) is 15.0 Å². The van der Waals surface area contributed by atoms with Crippen LogP contribution in [-0.4, -0.2) is 15.0 Å². The average molecular weight is 302 g/mol.